The number of imidazole rings is 1. The number of benzene rings is 2. The maximum Gasteiger partial charge on any atom is 0.206 e. The van der Waals surface area contributed by atoms with Gasteiger partial charge in [-0.1, -0.05) is 36.4 Å². The lowest BCUT2D eigenvalue weighted by Crippen LogP contribution is -2.17. The summed E-state index contributed by atoms with van der Waals surface area (Å²) >= 11 is 0. The molecule has 0 atom stereocenters. The zero-order valence-corrected chi connectivity index (χ0v) is 18.1. The fourth-order valence-electron chi connectivity index (χ4n) is 3.04. The second-order valence-corrected chi connectivity index (χ2v) is 6.21. The van der Waals surface area contributed by atoms with E-state index < -0.39 is 0 Å². The molecule has 4 rings (SSSR count). The molecule has 2 aromatic carbocycles. The molecule has 30 heavy (non-hydrogen) atoms. The van der Waals surface area contributed by atoms with Crippen LogP contribution in [0.2, 0.25) is 0 Å². The highest BCUT2D eigenvalue weighted by molar-refractivity contribution is 5.96. The van der Waals surface area contributed by atoms with Crippen LogP contribution in [0, 0.1) is 10.8 Å². The van der Waals surface area contributed by atoms with E-state index in [1.54, 1.807) is 4.57 Å². The Labute approximate surface area is 191 Å². The van der Waals surface area contributed by atoms with Gasteiger partial charge in [0.1, 0.15) is 5.76 Å². The molecular weight excluding hydrogens is 447 g/mol. The fourth-order valence-corrected chi connectivity index (χ4v) is 3.04. The summed E-state index contributed by atoms with van der Waals surface area (Å²) in [6.07, 6.45) is 0.423. The van der Waals surface area contributed by atoms with E-state index in [0.29, 0.717) is 23.9 Å². The third kappa shape index (κ3) is 4.76. The summed E-state index contributed by atoms with van der Waals surface area (Å²) in [5, 5.41) is 15.2. The van der Waals surface area contributed by atoms with E-state index in [2.05, 4.69) is 4.98 Å². The Balaban J connectivity index is 0.00000150. The van der Waals surface area contributed by atoms with Crippen molar-refractivity contribution in [3.05, 3.63) is 72.1 Å². The zero-order chi connectivity index (χ0) is 19.0. The van der Waals surface area contributed by atoms with Crippen LogP contribution in [-0.2, 0) is 6.42 Å². The first-order valence-electron chi connectivity index (χ1n) is 8.37. The summed E-state index contributed by atoms with van der Waals surface area (Å²) in [5.41, 5.74) is 14.6. The lowest BCUT2D eigenvalue weighted by Gasteiger charge is -2.05. The van der Waals surface area contributed by atoms with Crippen molar-refractivity contribution >= 4 is 59.9 Å². The average Bonchev–Trinajstić information content (AvgIpc) is 3.26. The minimum absolute atomic E-state index is 0. The Kier molecular flexibility index (Phi) is 8.48. The van der Waals surface area contributed by atoms with Crippen LogP contribution in [0.15, 0.2) is 65.1 Å². The third-order valence-electron chi connectivity index (χ3n) is 4.25. The van der Waals surface area contributed by atoms with Crippen LogP contribution >= 0.6 is 37.2 Å². The molecule has 0 unspecified atom stereocenters. The van der Waals surface area contributed by atoms with E-state index >= 15 is 0 Å². The molecule has 6 N–H and O–H groups in total. The standard InChI is InChI=1S/C20H18N6O.3ClH/c21-17(22)11-12-5-7-13(8-6-12)16-9-10-18(27-16)26-15-4-2-1-3-14(15)25-20(26)19(23)24;;;/h1-10H,11H2,(H3,21,22)(H3,23,24);3*1H. The second-order valence-electron chi connectivity index (χ2n) is 6.21. The molecule has 4 aromatic rings. The number of furan rings is 1. The van der Waals surface area contributed by atoms with Crippen molar-refractivity contribution in [2.24, 2.45) is 11.5 Å². The number of para-hydroxylation sites is 2. The lowest BCUT2D eigenvalue weighted by molar-refractivity contribution is 0.554. The summed E-state index contributed by atoms with van der Waals surface area (Å²) in [6, 6.07) is 19.0. The molecular formula is C20H21Cl3N6O. The van der Waals surface area contributed by atoms with Crippen molar-refractivity contribution in [2.45, 2.75) is 6.42 Å². The molecule has 0 aliphatic heterocycles. The van der Waals surface area contributed by atoms with Crippen LogP contribution in [0.4, 0.5) is 0 Å². The van der Waals surface area contributed by atoms with Gasteiger partial charge in [0, 0.05) is 18.1 Å². The van der Waals surface area contributed by atoms with Crippen LogP contribution in [0.5, 0.6) is 0 Å². The van der Waals surface area contributed by atoms with Gasteiger partial charge < -0.3 is 15.9 Å². The number of fused-ring (bicyclic) bond motifs is 1. The number of nitrogens with two attached hydrogens (primary N) is 2. The molecule has 0 radical (unpaired) electrons. The summed E-state index contributed by atoms with van der Waals surface area (Å²) in [6.45, 7) is 0. The molecule has 0 fully saturated rings. The number of nitrogens with one attached hydrogen (secondary N) is 2. The summed E-state index contributed by atoms with van der Waals surface area (Å²) < 4.78 is 7.78. The van der Waals surface area contributed by atoms with E-state index in [4.69, 9.17) is 26.7 Å². The molecule has 0 saturated heterocycles. The van der Waals surface area contributed by atoms with Gasteiger partial charge in [-0.2, -0.15) is 0 Å². The van der Waals surface area contributed by atoms with Gasteiger partial charge >= 0.3 is 0 Å². The predicted molar refractivity (Wildman–Crippen MR) is 127 cm³/mol. The smallest absolute Gasteiger partial charge is 0.206 e. The molecule has 7 nitrogen and oxygen atoms in total. The number of amidine groups is 2. The summed E-state index contributed by atoms with van der Waals surface area (Å²) in [7, 11) is 0. The summed E-state index contributed by atoms with van der Waals surface area (Å²) in [4.78, 5) is 4.43. The molecule has 0 aliphatic carbocycles. The monoisotopic (exact) mass is 466 g/mol. The highest BCUT2D eigenvalue weighted by atomic mass is 35.5. The minimum Gasteiger partial charge on any atom is -0.440 e. The van der Waals surface area contributed by atoms with Crippen molar-refractivity contribution in [1.82, 2.24) is 9.55 Å². The highest BCUT2D eigenvalue weighted by Gasteiger charge is 2.17. The normalized spacial score (nSPS) is 9.87. The number of hydrogen-bond acceptors (Lipinski definition) is 4. The maximum absolute atomic E-state index is 7.83. The Morgan fingerprint density at radius 1 is 0.900 bits per heavy atom. The lowest BCUT2D eigenvalue weighted by atomic mass is 10.1. The van der Waals surface area contributed by atoms with Crippen molar-refractivity contribution in [2.75, 3.05) is 0 Å². The van der Waals surface area contributed by atoms with E-state index in [1.807, 2.05) is 60.7 Å². The number of nitrogens with zero attached hydrogens (tertiary/aromatic N) is 2. The average molecular weight is 468 g/mol. The van der Waals surface area contributed by atoms with Crippen molar-refractivity contribution in [3.8, 4) is 17.2 Å². The van der Waals surface area contributed by atoms with E-state index in [1.165, 1.54) is 0 Å². The number of hydrogen-bond donors (Lipinski definition) is 4. The van der Waals surface area contributed by atoms with Crippen LogP contribution in [-0.4, -0.2) is 21.2 Å². The molecule has 0 amide bonds. The Morgan fingerprint density at radius 2 is 1.57 bits per heavy atom. The molecule has 158 valence electrons. The molecule has 0 aliphatic rings. The van der Waals surface area contributed by atoms with Crippen LogP contribution in [0.25, 0.3) is 28.2 Å². The SMILES string of the molecule is Cl.Cl.Cl.N=C(N)Cc1ccc(-c2ccc(-n3c(C(=N)N)nc4ccccc43)o2)cc1. The first-order chi connectivity index (χ1) is 13.0. The molecule has 2 aromatic heterocycles. The van der Waals surface area contributed by atoms with Crippen molar-refractivity contribution in [3.63, 3.8) is 0 Å². The van der Waals surface area contributed by atoms with Crippen LogP contribution in [0.1, 0.15) is 11.4 Å². The third-order valence-corrected chi connectivity index (χ3v) is 4.25. The Hall–Kier alpha value is -3.00. The maximum atomic E-state index is 7.83. The van der Waals surface area contributed by atoms with Gasteiger partial charge in [-0.15, -0.1) is 37.2 Å². The van der Waals surface area contributed by atoms with E-state index in [0.717, 1.165) is 22.2 Å². The molecule has 0 saturated carbocycles. The minimum atomic E-state index is -0.127. The van der Waals surface area contributed by atoms with Gasteiger partial charge in [-0.3, -0.25) is 15.4 Å². The molecule has 0 spiro atoms. The molecule has 10 heteroatoms. The Bertz CT molecular complexity index is 1170. The topological polar surface area (TPSA) is 131 Å². The highest BCUT2D eigenvalue weighted by Crippen LogP contribution is 2.28. The zero-order valence-electron chi connectivity index (χ0n) is 15.7. The first kappa shape index (κ1) is 25.0. The van der Waals surface area contributed by atoms with Crippen molar-refractivity contribution in [1.29, 1.82) is 10.8 Å². The van der Waals surface area contributed by atoms with Gasteiger partial charge in [0.25, 0.3) is 0 Å². The van der Waals surface area contributed by atoms with Gasteiger partial charge in [0.15, 0.2) is 11.7 Å². The quantitative estimate of drug-likeness (QED) is 0.257. The fraction of sp³-hybridized carbons (Fsp3) is 0.0500. The van der Waals surface area contributed by atoms with Gasteiger partial charge in [-0.25, -0.2) is 4.98 Å². The molecule has 0 bridgehead atoms. The van der Waals surface area contributed by atoms with Gasteiger partial charge in [0.05, 0.1) is 16.9 Å². The second kappa shape index (κ2) is 10.2. The molecule has 2 heterocycles. The number of aromatic nitrogens is 2. The predicted octanol–water partition coefficient (Wildman–Crippen LogP) is 4.31. The van der Waals surface area contributed by atoms with Gasteiger partial charge in [0.2, 0.25) is 5.88 Å². The van der Waals surface area contributed by atoms with Crippen LogP contribution < -0.4 is 11.5 Å². The Morgan fingerprint density at radius 3 is 2.20 bits per heavy atom. The number of nitrogen functional groups attached to an aromatic ring is 1. The summed E-state index contributed by atoms with van der Waals surface area (Å²) in [5.74, 6) is 1.57. The van der Waals surface area contributed by atoms with Crippen LogP contribution in [0.3, 0.4) is 0 Å². The first-order valence-corrected chi connectivity index (χ1v) is 8.37. The number of rotatable bonds is 5. The van der Waals surface area contributed by atoms with Gasteiger partial charge in [-0.05, 0) is 23.8 Å². The number of halogens is 3. The van der Waals surface area contributed by atoms with E-state index in [-0.39, 0.29) is 48.9 Å². The van der Waals surface area contributed by atoms with E-state index in [9.17, 15) is 0 Å². The largest absolute Gasteiger partial charge is 0.440 e. The van der Waals surface area contributed by atoms with Crippen molar-refractivity contribution < 1.29 is 4.42 Å².